The SMILES string of the molecule is CN1C=C(Br)C=CC1=C(C#N)c1ccccn1. The number of nitrogens with zero attached hydrogens (tertiary/aromatic N) is 3. The van der Waals surface area contributed by atoms with Crippen molar-refractivity contribution in [3.8, 4) is 6.07 Å². The molecule has 17 heavy (non-hydrogen) atoms. The van der Waals surface area contributed by atoms with E-state index in [4.69, 9.17) is 0 Å². The third-order valence-electron chi connectivity index (χ3n) is 2.39. The summed E-state index contributed by atoms with van der Waals surface area (Å²) in [6.07, 6.45) is 7.41. The van der Waals surface area contributed by atoms with E-state index in [0.29, 0.717) is 11.3 Å². The molecule has 0 aromatic carbocycles. The van der Waals surface area contributed by atoms with Gasteiger partial charge in [0, 0.05) is 23.9 Å². The van der Waals surface area contributed by atoms with Crippen molar-refractivity contribution in [2.75, 3.05) is 7.05 Å². The zero-order valence-electron chi connectivity index (χ0n) is 9.26. The summed E-state index contributed by atoms with van der Waals surface area (Å²) in [5, 5.41) is 9.27. The van der Waals surface area contributed by atoms with Gasteiger partial charge in [0.2, 0.25) is 0 Å². The quantitative estimate of drug-likeness (QED) is 0.746. The van der Waals surface area contributed by atoms with Crippen LogP contribution >= 0.6 is 15.9 Å². The molecule has 0 saturated heterocycles. The number of aromatic nitrogens is 1. The van der Waals surface area contributed by atoms with Crippen molar-refractivity contribution < 1.29 is 0 Å². The Morgan fingerprint density at radius 1 is 1.41 bits per heavy atom. The van der Waals surface area contributed by atoms with Crippen molar-refractivity contribution in [2.45, 2.75) is 0 Å². The van der Waals surface area contributed by atoms with Crippen molar-refractivity contribution in [1.82, 2.24) is 9.88 Å². The molecule has 1 aliphatic rings. The maximum absolute atomic E-state index is 9.27. The minimum atomic E-state index is 0.570. The van der Waals surface area contributed by atoms with Crippen LogP contribution in [0.1, 0.15) is 5.69 Å². The van der Waals surface area contributed by atoms with Gasteiger partial charge in [-0.15, -0.1) is 0 Å². The smallest absolute Gasteiger partial charge is 0.104 e. The number of pyridine rings is 1. The summed E-state index contributed by atoms with van der Waals surface area (Å²) >= 11 is 3.39. The number of nitriles is 1. The van der Waals surface area contributed by atoms with Crippen molar-refractivity contribution in [3.05, 3.63) is 58.6 Å². The molecular weight excluding hydrogens is 278 g/mol. The monoisotopic (exact) mass is 287 g/mol. The molecule has 1 aromatic heterocycles. The highest BCUT2D eigenvalue weighted by Crippen LogP contribution is 2.25. The molecule has 2 heterocycles. The third-order valence-corrected chi connectivity index (χ3v) is 2.86. The van der Waals surface area contributed by atoms with Crippen molar-refractivity contribution in [1.29, 1.82) is 5.26 Å². The van der Waals surface area contributed by atoms with Crippen molar-refractivity contribution >= 4 is 21.5 Å². The summed E-state index contributed by atoms with van der Waals surface area (Å²) in [6.45, 7) is 0. The van der Waals surface area contributed by atoms with Crippen molar-refractivity contribution in [2.24, 2.45) is 0 Å². The van der Waals surface area contributed by atoms with Gasteiger partial charge in [0.1, 0.15) is 11.6 Å². The van der Waals surface area contributed by atoms with E-state index >= 15 is 0 Å². The number of halogens is 1. The molecule has 0 radical (unpaired) electrons. The fourth-order valence-electron chi connectivity index (χ4n) is 1.59. The van der Waals surface area contributed by atoms with E-state index in [0.717, 1.165) is 10.2 Å². The van der Waals surface area contributed by atoms with Crippen LogP contribution in [0.25, 0.3) is 5.57 Å². The summed E-state index contributed by atoms with van der Waals surface area (Å²) in [5.74, 6) is 0. The Morgan fingerprint density at radius 2 is 2.24 bits per heavy atom. The lowest BCUT2D eigenvalue weighted by Crippen LogP contribution is -2.13. The van der Waals surface area contributed by atoms with Gasteiger partial charge in [-0.3, -0.25) is 4.98 Å². The zero-order chi connectivity index (χ0) is 12.3. The molecule has 4 heteroatoms. The predicted octanol–water partition coefficient (Wildman–Crippen LogP) is 3.05. The fourth-order valence-corrected chi connectivity index (χ4v) is 2.03. The summed E-state index contributed by atoms with van der Waals surface area (Å²) in [4.78, 5) is 6.11. The largest absolute Gasteiger partial charge is 0.349 e. The van der Waals surface area contributed by atoms with E-state index in [1.165, 1.54) is 0 Å². The van der Waals surface area contributed by atoms with Gasteiger partial charge in [0.15, 0.2) is 0 Å². The summed E-state index contributed by atoms with van der Waals surface area (Å²) in [6, 6.07) is 7.75. The second kappa shape index (κ2) is 4.98. The summed E-state index contributed by atoms with van der Waals surface area (Å²) in [7, 11) is 1.90. The first-order valence-corrected chi connectivity index (χ1v) is 5.85. The molecule has 0 atom stereocenters. The molecule has 0 saturated carbocycles. The summed E-state index contributed by atoms with van der Waals surface area (Å²) < 4.78 is 0.974. The number of rotatable bonds is 1. The number of likely N-dealkylation sites (N-methyl/N-ethyl adjacent to an activating group) is 1. The van der Waals surface area contributed by atoms with Crippen LogP contribution in [0.3, 0.4) is 0 Å². The first-order valence-electron chi connectivity index (χ1n) is 5.06. The Morgan fingerprint density at radius 3 is 2.82 bits per heavy atom. The van der Waals surface area contributed by atoms with Crippen LogP contribution in [0.4, 0.5) is 0 Å². The van der Waals surface area contributed by atoms with Gasteiger partial charge in [0.05, 0.1) is 11.4 Å². The average molecular weight is 288 g/mol. The van der Waals surface area contributed by atoms with E-state index in [1.807, 2.05) is 48.5 Å². The molecule has 84 valence electrons. The van der Waals surface area contributed by atoms with Crippen LogP contribution in [0.15, 0.2) is 52.9 Å². The first kappa shape index (κ1) is 11.6. The van der Waals surface area contributed by atoms with Gasteiger partial charge in [-0.2, -0.15) is 5.26 Å². The minimum Gasteiger partial charge on any atom is -0.349 e. The number of hydrogen-bond donors (Lipinski definition) is 0. The van der Waals surface area contributed by atoms with Crippen LogP contribution in [0, 0.1) is 11.3 Å². The average Bonchev–Trinajstić information content (AvgIpc) is 2.34. The standard InChI is InChI=1S/C13H10BrN3/c1-17-9-10(14)5-6-13(17)11(8-15)12-4-2-3-7-16-12/h2-7,9H,1H3. The Balaban J connectivity index is 2.51. The lowest BCUT2D eigenvalue weighted by atomic mass is 10.1. The van der Waals surface area contributed by atoms with Gasteiger partial charge >= 0.3 is 0 Å². The highest BCUT2D eigenvalue weighted by molar-refractivity contribution is 9.11. The molecule has 1 aromatic rings. The molecular formula is C13H10BrN3. The number of hydrogen-bond acceptors (Lipinski definition) is 3. The normalized spacial score (nSPS) is 17.5. The Labute approximate surface area is 109 Å². The molecule has 0 unspecified atom stereocenters. The first-order chi connectivity index (χ1) is 8.22. The predicted molar refractivity (Wildman–Crippen MR) is 70.7 cm³/mol. The van der Waals surface area contributed by atoms with Crippen LogP contribution in [-0.2, 0) is 0 Å². The molecule has 0 amide bonds. The summed E-state index contributed by atoms with van der Waals surface area (Å²) in [5.41, 5.74) is 2.10. The molecule has 0 spiro atoms. The number of allylic oxidation sites excluding steroid dienone is 4. The lowest BCUT2D eigenvalue weighted by Gasteiger charge is -2.20. The molecule has 2 rings (SSSR count). The maximum atomic E-state index is 9.27. The van der Waals surface area contributed by atoms with E-state index < -0.39 is 0 Å². The molecule has 0 aliphatic carbocycles. The van der Waals surface area contributed by atoms with Gasteiger partial charge in [0.25, 0.3) is 0 Å². The Hall–Kier alpha value is -1.86. The van der Waals surface area contributed by atoms with Gasteiger partial charge in [-0.05, 0) is 40.2 Å². The second-order valence-electron chi connectivity index (χ2n) is 3.55. The maximum Gasteiger partial charge on any atom is 0.104 e. The van der Waals surface area contributed by atoms with Crippen LogP contribution in [-0.4, -0.2) is 16.9 Å². The molecule has 1 aliphatic heterocycles. The van der Waals surface area contributed by atoms with Crippen LogP contribution in [0.5, 0.6) is 0 Å². The molecule has 0 bridgehead atoms. The van der Waals surface area contributed by atoms with Gasteiger partial charge < -0.3 is 4.90 Å². The van der Waals surface area contributed by atoms with Crippen LogP contribution in [0.2, 0.25) is 0 Å². The van der Waals surface area contributed by atoms with E-state index in [2.05, 4.69) is 27.0 Å². The second-order valence-corrected chi connectivity index (χ2v) is 4.46. The van der Waals surface area contributed by atoms with E-state index in [1.54, 1.807) is 6.20 Å². The Bertz CT molecular complexity index is 550. The third kappa shape index (κ3) is 2.45. The van der Waals surface area contributed by atoms with Crippen molar-refractivity contribution in [3.63, 3.8) is 0 Å². The highest BCUT2D eigenvalue weighted by atomic mass is 79.9. The molecule has 0 N–H and O–H groups in total. The van der Waals surface area contributed by atoms with E-state index in [9.17, 15) is 5.26 Å². The zero-order valence-corrected chi connectivity index (χ0v) is 10.8. The Kier molecular flexibility index (Phi) is 3.40. The molecule has 0 fully saturated rings. The lowest BCUT2D eigenvalue weighted by molar-refractivity contribution is 0.586. The van der Waals surface area contributed by atoms with Gasteiger partial charge in [-0.25, -0.2) is 0 Å². The fraction of sp³-hybridized carbons (Fsp3) is 0.0769. The van der Waals surface area contributed by atoms with Crippen LogP contribution < -0.4 is 0 Å². The van der Waals surface area contributed by atoms with E-state index in [-0.39, 0.29) is 0 Å². The minimum absolute atomic E-state index is 0.570. The topological polar surface area (TPSA) is 39.9 Å². The molecule has 3 nitrogen and oxygen atoms in total. The van der Waals surface area contributed by atoms with Gasteiger partial charge in [-0.1, -0.05) is 6.07 Å². The highest BCUT2D eigenvalue weighted by Gasteiger charge is 2.13.